The predicted molar refractivity (Wildman–Crippen MR) is 46.9 cm³/mol. The van der Waals surface area contributed by atoms with E-state index < -0.39 is 17.5 Å². The normalized spacial score (nSPS) is 13.4. The smallest absolute Gasteiger partial charge is 0.312 e. The van der Waals surface area contributed by atoms with Gasteiger partial charge >= 0.3 is 5.97 Å². The van der Waals surface area contributed by atoms with Crippen LogP contribution in [0.1, 0.15) is 33.1 Å². The average molecular weight is 185 g/mol. The van der Waals surface area contributed by atoms with Gasteiger partial charge in [-0.2, -0.15) is 5.26 Å². The van der Waals surface area contributed by atoms with Gasteiger partial charge in [-0.3, -0.25) is 4.79 Å². The van der Waals surface area contributed by atoms with Crippen LogP contribution in [-0.4, -0.2) is 22.3 Å². The highest BCUT2D eigenvalue weighted by Gasteiger charge is 2.41. The summed E-state index contributed by atoms with van der Waals surface area (Å²) in [6.45, 7) is 3.41. The molecule has 0 radical (unpaired) electrons. The van der Waals surface area contributed by atoms with E-state index in [4.69, 9.17) is 10.4 Å². The highest BCUT2D eigenvalue weighted by Crippen LogP contribution is 2.32. The number of aliphatic hydroxyl groups is 1. The molecule has 0 aromatic heterocycles. The molecule has 4 nitrogen and oxygen atoms in total. The van der Waals surface area contributed by atoms with Crippen molar-refractivity contribution in [1.82, 2.24) is 0 Å². The number of hydrogen-bond donors (Lipinski definition) is 2. The predicted octanol–water partition coefficient (Wildman–Crippen LogP) is 1.15. The molecule has 13 heavy (non-hydrogen) atoms. The minimum Gasteiger partial charge on any atom is -0.481 e. The molecule has 0 bridgehead atoms. The minimum absolute atomic E-state index is 0.131. The molecule has 1 atom stereocenters. The van der Waals surface area contributed by atoms with Crippen molar-refractivity contribution < 1.29 is 15.0 Å². The fourth-order valence-corrected chi connectivity index (χ4v) is 1.45. The Morgan fingerprint density at radius 3 is 2.23 bits per heavy atom. The van der Waals surface area contributed by atoms with Gasteiger partial charge in [0.15, 0.2) is 0 Å². The average Bonchev–Trinajstić information content (AvgIpc) is 2.07. The fourth-order valence-electron chi connectivity index (χ4n) is 1.45. The molecule has 0 heterocycles. The number of carboxylic acids is 1. The Hall–Kier alpha value is -1.08. The standard InChI is InChI=1S/C9H15NO3/c1-3-9(4-2,8(12)13)7(11)5-6-10/h7,11H,3-5H2,1-2H3,(H,12,13). The molecular formula is C9H15NO3. The first kappa shape index (κ1) is 11.9. The largest absolute Gasteiger partial charge is 0.481 e. The van der Waals surface area contributed by atoms with Crippen molar-refractivity contribution in [3.8, 4) is 6.07 Å². The maximum atomic E-state index is 10.9. The fraction of sp³-hybridized carbons (Fsp3) is 0.778. The first-order chi connectivity index (χ1) is 6.05. The van der Waals surface area contributed by atoms with E-state index in [9.17, 15) is 9.90 Å². The van der Waals surface area contributed by atoms with E-state index in [2.05, 4.69) is 0 Å². The van der Waals surface area contributed by atoms with Gasteiger partial charge in [-0.15, -0.1) is 0 Å². The molecule has 0 aliphatic heterocycles. The summed E-state index contributed by atoms with van der Waals surface area (Å²) in [5.74, 6) is -1.03. The van der Waals surface area contributed by atoms with E-state index >= 15 is 0 Å². The van der Waals surface area contributed by atoms with Gasteiger partial charge in [0.1, 0.15) is 0 Å². The summed E-state index contributed by atoms with van der Waals surface area (Å²) < 4.78 is 0. The number of aliphatic hydroxyl groups excluding tert-OH is 1. The Morgan fingerprint density at radius 1 is 1.54 bits per heavy atom. The van der Waals surface area contributed by atoms with E-state index in [1.165, 1.54) is 0 Å². The van der Waals surface area contributed by atoms with Crippen molar-refractivity contribution in [2.45, 2.75) is 39.2 Å². The maximum absolute atomic E-state index is 10.9. The summed E-state index contributed by atoms with van der Waals surface area (Å²) in [6.07, 6.45) is -0.540. The van der Waals surface area contributed by atoms with Crippen LogP contribution in [0.2, 0.25) is 0 Å². The summed E-state index contributed by atoms with van der Waals surface area (Å²) in [5, 5.41) is 26.8. The number of hydrogen-bond acceptors (Lipinski definition) is 3. The Kier molecular flexibility index (Phi) is 4.43. The SMILES string of the molecule is CCC(CC)(C(=O)O)C(O)CC#N. The molecule has 2 N–H and O–H groups in total. The molecule has 4 heteroatoms. The summed E-state index contributed by atoms with van der Waals surface area (Å²) in [4.78, 5) is 10.9. The second-order valence-electron chi connectivity index (χ2n) is 3.05. The third kappa shape index (κ3) is 2.19. The number of nitrogens with zero attached hydrogens (tertiary/aromatic N) is 1. The first-order valence-corrected chi connectivity index (χ1v) is 4.33. The van der Waals surface area contributed by atoms with E-state index in [0.29, 0.717) is 12.8 Å². The van der Waals surface area contributed by atoms with Crippen LogP contribution in [-0.2, 0) is 4.79 Å². The van der Waals surface area contributed by atoms with Crippen molar-refractivity contribution in [1.29, 1.82) is 5.26 Å². The minimum atomic E-state index is -1.16. The highest BCUT2D eigenvalue weighted by atomic mass is 16.4. The van der Waals surface area contributed by atoms with Crippen LogP contribution in [0.4, 0.5) is 0 Å². The zero-order valence-corrected chi connectivity index (χ0v) is 7.95. The first-order valence-electron chi connectivity index (χ1n) is 4.33. The van der Waals surface area contributed by atoms with Gasteiger partial charge < -0.3 is 10.2 Å². The quantitative estimate of drug-likeness (QED) is 0.673. The monoisotopic (exact) mass is 185 g/mol. The lowest BCUT2D eigenvalue weighted by atomic mass is 9.76. The molecule has 0 aromatic rings. The van der Waals surface area contributed by atoms with Gasteiger partial charge in [0.25, 0.3) is 0 Å². The molecule has 0 aliphatic rings. The molecular weight excluding hydrogens is 170 g/mol. The number of aliphatic carboxylic acids is 1. The van der Waals surface area contributed by atoms with Crippen molar-refractivity contribution >= 4 is 5.97 Å². The number of carbonyl (C=O) groups is 1. The molecule has 0 aliphatic carbocycles. The number of rotatable bonds is 5. The lowest BCUT2D eigenvalue weighted by Crippen LogP contribution is -2.41. The summed E-state index contributed by atoms with van der Waals surface area (Å²) in [6, 6.07) is 1.78. The summed E-state index contributed by atoms with van der Waals surface area (Å²) in [5.41, 5.74) is -1.16. The Morgan fingerprint density at radius 2 is 2.00 bits per heavy atom. The van der Waals surface area contributed by atoms with Gasteiger partial charge in [0, 0.05) is 0 Å². The van der Waals surface area contributed by atoms with Crippen molar-refractivity contribution in [3.05, 3.63) is 0 Å². The van der Waals surface area contributed by atoms with Gasteiger partial charge in [0.05, 0.1) is 24.0 Å². The Labute approximate surface area is 77.8 Å². The van der Waals surface area contributed by atoms with Crippen LogP contribution in [0, 0.1) is 16.7 Å². The molecule has 0 fully saturated rings. The van der Waals surface area contributed by atoms with E-state index in [1.807, 2.05) is 0 Å². The van der Waals surface area contributed by atoms with Crippen LogP contribution in [0.5, 0.6) is 0 Å². The topological polar surface area (TPSA) is 81.3 Å². The molecule has 1 unspecified atom stereocenters. The third-order valence-corrected chi connectivity index (χ3v) is 2.61. The zero-order valence-electron chi connectivity index (χ0n) is 7.95. The molecule has 0 rings (SSSR count). The summed E-state index contributed by atoms with van der Waals surface area (Å²) in [7, 11) is 0. The molecule has 0 saturated heterocycles. The second-order valence-corrected chi connectivity index (χ2v) is 3.05. The second kappa shape index (κ2) is 4.83. The molecule has 0 saturated carbocycles. The van der Waals surface area contributed by atoms with Crippen molar-refractivity contribution in [2.24, 2.45) is 5.41 Å². The van der Waals surface area contributed by atoms with Crippen molar-refractivity contribution in [2.75, 3.05) is 0 Å². The summed E-state index contributed by atoms with van der Waals surface area (Å²) >= 11 is 0. The molecule has 0 spiro atoms. The van der Waals surface area contributed by atoms with Crippen LogP contribution < -0.4 is 0 Å². The number of nitriles is 1. The lowest BCUT2D eigenvalue weighted by Gasteiger charge is -2.30. The number of carboxylic acid groups (broad SMARTS) is 1. The van der Waals surface area contributed by atoms with Gasteiger partial charge in [-0.05, 0) is 12.8 Å². The maximum Gasteiger partial charge on any atom is 0.312 e. The van der Waals surface area contributed by atoms with Crippen molar-refractivity contribution in [3.63, 3.8) is 0 Å². The highest BCUT2D eigenvalue weighted by molar-refractivity contribution is 5.75. The third-order valence-electron chi connectivity index (χ3n) is 2.61. The van der Waals surface area contributed by atoms with E-state index in [0.717, 1.165) is 0 Å². The lowest BCUT2D eigenvalue weighted by molar-refractivity contribution is -0.157. The van der Waals surface area contributed by atoms with Gasteiger partial charge in [0.2, 0.25) is 0 Å². The van der Waals surface area contributed by atoms with Crippen LogP contribution in [0.15, 0.2) is 0 Å². The van der Waals surface area contributed by atoms with Crippen LogP contribution in [0.3, 0.4) is 0 Å². The van der Waals surface area contributed by atoms with E-state index in [1.54, 1.807) is 19.9 Å². The van der Waals surface area contributed by atoms with Gasteiger partial charge in [-0.1, -0.05) is 13.8 Å². The van der Waals surface area contributed by atoms with Crippen LogP contribution in [0.25, 0.3) is 0 Å². The van der Waals surface area contributed by atoms with Crippen LogP contribution >= 0.6 is 0 Å². The Bertz CT molecular complexity index is 215. The molecule has 74 valence electrons. The molecule has 0 aromatic carbocycles. The van der Waals surface area contributed by atoms with Gasteiger partial charge in [-0.25, -0.2) is 0 Å². The van der Waals surface area contributed by atoms with E-state index in [-0.39, 0.29) is 6.42 Å². The zero-order chi connectivity index (χ0) is 10.5. The Balaban J connectivity index is 4.77. The molecule has 0 amide bonds.